The second-order valence-corrected chi connectivity index (χ2v) is 8.85. The zero-order valence-corrected chi connectivity index (χ0v) is 19.3. The van der Waals surface area contributed by atoms with Crippen molar-refractivity contribution in [3.63, 3.8) is 0 Å². The standard InChI is InChI=1S/C27H21F2N3O4/c1-15-30-26(36-31-15)17-8-6-16(7-9-17)13-32-14-18(12-23(32)33)19-10-11-22(35-27(28)29)25-24(19)20-4-2-3-5-21(20)34-25/h2-11,18,27H,12-14H2,1H3. The van der Waals surface area contributed by atoms with Crippen LogP contribution in [0.5, 0.6) is 5.75 Å². The summed E-state index contributed by atoms with van der Waals surface area (Å²) in [5, 5.41) is 5.33. The van der Waals surface area contributed by atoms with E-state index in [1.54, 1.807) is 19.1 Å². The van der Waals surface area contributed by atoms with Crippen LogP contribution < -0.4 is 4.74 Å². The van der Waals surface area contributed by atoms with E-state index >= 15 is 0 Å². The fourth-order valence-corrected chi connectivity index (χ4v) is 4.88. The first-order chi connectivity index (χ1) is 17.5. The lowest BCUT2D eigenvalue weighted by Gasteiger charge is -2.18. The summed E-state index contributed by atoms with van der Waals surface area (Å²) in [4.78, 5) is 19.0. The normalized spacial score (nSPS) is 16.1. The Morgan fingerprint density at radius 1 is 1.11 bits per heavy atom. The number of hydrogen-bond acceptors (Lipinski definition) is 6. The number of halogens is 2. The number of fused-ring (bicyclic) bond motifs is 3. The highest BCUT2D eigenvalue weighted by Crippen LogP contribution is 2.42. The van der Waals surface area contributed by atoms with Gasteiger partial charge in [-0.15, -0.1) is 0 Å². The second kappa shape index (κ2) is 8.75. The van der Waals surface area contributed by atoms with Crippen LogP contribution >= 0.6 is 0 Å². The van der Waals surface area contributed by atoms with E-state index < -0.39 is 6.61 Å². The molecular weight excluding hydrogens is 468 g/mol. The summed E-state index contributed by atoms with van der Waals surface area (Å²) in [6, 6.07) is 18.3. The minimum Gasteiger partial charge on any atom is -0.452 e. The van der Waals surface area contributed by atoms with Gasteiger partial charge in [-0.25, -0.2) is 0 Å². The Hall–Kier alpha value is -4.27. The topological polar surface area (TPSA) is 81.6 Å². The van der Waals surface area contributed by atoms with Gasteiger partial charge >= 0.3 is 6.61 Å². The van der Waals surface area contributed by atoms with Crippen molar-refractivity contribution >= 4 is 27.8 Å². The number of rotatable bonds is 6. The first-order valence-corrected chi connectivity index (χ1v) is 11.5. The van der Waals surface area contributed by atoms with Crippen molar-refractivity contribution in [2.75, 3.05) is 6.54 Å². The quantitative estimate of drug-likeness (QED) is 0.288. The Morgan fingerprint density at radius 2 is 1.92 bits per heavy atom. The van der Waals surface area contributed by atoms with Crippen LogP contribution in [0.1, 0.15) is 29.3 Å². The molecule has 3 heterocycles. The third-order valence-electron chi connectivity index (χ3n) is 6.49. The summed E-state index contributed by atoms with van der Waals surface area (Å²) in [6.45, 7) is -0.241. The number of para-hydroxylation sites is 1. The number of aromatic nitrogens is 2. The Kier molecular flexibility index (Phi) is 5.40. The maximum Gasteiger partial charge on any atom is 0.387 e. The van der Waals surface area contributed by atoms with Crippen LogP contribution in [0, 0.1) is 6.92 Å². The molecule has 1 aliphatic heterocycles. The average molecular weight is 489 g/mol. The summed E-state index contributed by atoms with van der Waals surface area (Å²) < 4.78 is 41.9. The highest BCUT2D eigenvalue weighted by molar-refractivity contribution is 6.09. The average Bonchev–Trinajstić information content (AvgIpc) is 3.57. The molecule has 5 aromatic rings. The van der Waals surface area contributed by atoms with Crippen LogP contribution in [0.15, 0.2) is 69.6 Å². The number of carbonyl (C=O) groups excluding carboxylic acids is 1. The van der Waals surface area contributed by atoms with Crippen molar-refractivity contribution in [2.24, 2.45) is 0 Å². The van der Waals surface area contributed by atoms with Gasteiger partial charge in [-0.3, -0.25) is 4.79 Å². The molecule has 1 aliphatic rings. The molecule has 0 N–H and O–H groups in total. The van der Waals surface area contributed by atoms with E-state index in [0.717, 1.165) is 22.1 Å². The maximum absolute atomic E-state index is 13.0. The largest absolute Gasteiger partial charge is 0.452 e. The Morgan fingerprint density at radius 3 is 2.67 bits per heavy atom. The minimum atomic E-state index is -2.97. The Bertz CT molecular complexity index is 1580. The van der Waals surface area contributed by atoms with Gasteiger partial charge in [-0.05, 0) is 42.3 Å². The van der Waals surface area contributed by atoms with Crippen molar-refractivity contribution in [1.82, 2.24) is 15.0 Å². The number of hydrogen-bond donors (Lipinski definition) is 0. The van der Waals surface area contributed by atoms with Crippen LogP contribution in [0.4, 0.5) is 8.78 Å². The van der Waals surface area contributed by atoms with Gasteiger partial charge in [0.1, 0.15) is 5.58 Å². The SMILES string of the molecule is Cc1noc(-c2ccc(CN3CC(c4ccc(OC(F)F)c5oc6ccccc6c45)CC3=O)cc2)n1. The Labute approximate surface area is 204 Å². The Balaban J connectivity index is 1.28. The van der Waals surface area contributed by atoms with Crippen molar-refractivity contribution in [1.29, 1.82) is 0 Å². The zero-order valence-electron chi connectivity index (χ0n) is 19.3. The second-order valence-electron chi connectivity index (χ2n) is 8.85. The van der Waals surface area contributed by atoms with Gasteiger partial charge in [0.05, 0.1) is 0 Å². The molecule has 6 rings (SSSR count). The molecule has 2 aromatic heterocycles. The molecule has 0 radical (unpaired) electrons. The van der Waals surface area contributed by atoms with E-state index in [9.17, 15) is 13.6 Å². The fourth-order valence-electron chi connectivity index (χ4n) is 4.88. The molecule has 1 unspecified atom stereocenters. The number of likely N-dealkylation sites (tertiary alicyclic amines) is 1. The lowest BCUT2D eigenvalue weighted by molar-refractivity contribution is -0.128. The number of nitrogens with zero attached hydrogens (tertiary/aromatic N) is 3. The van der Waals surface area contributed by atoms with Gasteiger partial charge in [0.15, 0.2) is 17.2 Å². The third-order valence-corrected chi connectivity index (χ3v) is 6.49. The van der Waals surface area contributed by atoms with Crippen molar-refractivity contribution in [3.05, 3.63) is 77.6 Å². The van der Waals surface area contributed by atoms with Crippen LogP contribution in [0.25, 0.3) is 33.4 Å². The van der Waals surface area contributed by atoms with Crippen LogP contribution in [-0.4, -0.2) is 34.1 Å². The highest BCUT2D eigenvalue weighted by atomic mass is 19.3. The lowest BCUT2D eigenvalue weighted by Crippen LogP contribution is -2.24. The number of ether oxygens (including phenoxy) is 1. The molecule has 9 heteroatoms. The highest BCUT2D eigenvalue weighted by Gasteiger charge is 2.33. The van der Waals surface area contributed by atoms with E-state index in [2.05, 4.69) is 10.1 Å². The molecule has 0 saturated carbocycles. The number of carbonyl (C=O) groups is 1. The molecule has 1 saturated heterocycles. The number of furan rings is 1. The summed E-state index contributed by atoms with van der Waals surface area (Å²) >= 11 is 0. The van der Waals surface area contributed by atoms with E-state index in [1.807, 2.05) is 47.4 Å². The van der Waals surface area contributed by atoms with Crippen molar-refractivity contribution in [3.8, 4) is 17.2 Å². The van der Waals surface area contributed by atoms with Gasteiger partial charge < -0.3 is 18.6 Å². The maximum atomic E-state index is 13.0. The molecule has 182 valence electrons. The lowest BCUT2D eigenvalue weighted by atomic mass is 9.93. The molecular formula is C27H21F2N3O4. The van der Waals surface area contributed by atoms with E-state index in [0.29, 0.717) is 42.2 Å². The summed E-state index contributed by atoms with van der Waals surface area (Å²) in [5.41, 5.74) is 3.52. The molecule has 36 heavy (non-hydrogen) atoms. The van der Waals surface area contributed by atoms with Crippen molar-refractivity contribution < 1.29 is 27.3 Å². The van der Waals surface area contributed by atoms with Gasteiger partial charge in [0.2, 0.25) is 5.91 Å². The van der Waals surface area contributed by atoms with Gasteiger partial charge in [0, 0.05) is 41.8 Å². The smallest absolute Gasteiger partial charge is 0.387 e. The first-order valence-electron chi connectivity index (χ1n) is 11.5. The minimum absolute atomic E-state index is 0.0161. The van der Waals surface area contributed by atoms with E-state index in [-0.39, 0.29) is 23.2 Å². The molecule has 3 aromatic carbocycles. The number of amides is 1. The molecule has 1 fully saturated rings. The third kappa shape index (κ3) is 3.96. The first kappa shape index (κ1) is 22.2. The predicted molar refractivity (Wildman–Crippen MR) is 128 cm³/mol. The molecule has 1 atom stereocenters. The number of aryl methyl sites for hydroxylation is 1. The zero-order chi connectivity index (χ0) is 24.8. The molecule has 0 spiro atoms. The molecule has 7 nitrogen and oxygen atoms in total. The van der Waals surface area contributed by atoms with E-state index in [4.69, 9.17) is 13.7 Å². The van der Waals surface area contributed by atoms with Crippen molar-refractivity contribution in [2.45, 2.75) is 32.4 Å². The van der Waals surface area contributed by atoms with Crippen LogP contribution in [-0.2, 0) is 11.3 Å². The summed E-state index contributed by atoms with van der Waals surface area (Å²) in [5.74, 6) is 0.924. The van der Waals surface area contributed by atoms with Crippen LogP contribution in [0.2, 0.25) is 0 Å². The van der Waals surface area contributed by atoms with Gasteiger partial charge in [0.25, 0.3) is 5.89 Å². The summed E-state index contributed by atoms with van der Waals surface area (Å²) in [7, 11) is 0. The molecule has 0 aliphatic carbocycles. The molecule has 1 amide bonds. The number of alkyl halides is 2. The molecule has 0 bridgehead atoms. The van der Waals surface area contributed by atoms with E-state index in [1.165, 1.54) is 6.07 Å². The van der Waals surface area contributed by atoms with Crippen LogP contribution in [0.3, 0.4) is 0 Å². The fraction of sp³-hybridized carbons (Fsp3) is 0.222. The summed E-state index contributed by atoms with van der Waals surface area (Å²) in [6.07, 6.45) is 0.322. The predicted octanol–water partition coefficient (Wildman–Crippen LogP) is 6.06. The van der Waals surface area contributed by atoms with Gasteiger partial charge in [-0.1, -0.05) is 41.6 Å². The monoisotopic (exact) mass is 489 g/mol. The van der Waals surface area contributed by atoms with Gasteiger partial charge in [-0.2, -0.15) is 13.8 Å². The number of benzene rings is 3.